The molecule has 0 spiro atoms. The second-order valence-corrected chi connectivity index (χ2v) is 4.09. The molecule has 1 aromatic heterocycles. The molecule has 0 aliphatic carbocycles. The second kappa shape index (κ2) is 5.52. The lowest BCUT2D eigenvalue weighted by molar-refractivity contribution is -0.384. The van der Waals surface area contributed by atoms with Crippen molar-refractivity contribution in [3.63, 3.8) is 0 Å². The van der Waals surface area contributed by atoms with Gasteiger partial charge in [0.25, 0.3) is 5.69 Å². The molecule has 20 heavy (non-hydrogen) atoms. The standard InChI is InChI=1S/C13H13FN4O2/c1-15-12-7-9(18(19)20)8-13(16-12)17(2)11-6-4-3-5-10(11)14/h3-8H,1-2H3,(H,15,16). The van der Waals surface area contributed by atoms with Crippen LogP contribution >= 0.6 is 0 Å². The SMILES string of the molecule is CNc1cc([N+](=O)[O-])cc(N(C)c2ccccc2F)n1. The van der Waals surface area contributed by atoms with E-state index in [9.17, 15) is 14.5 Å². The fraction of sp³-hybridized carbons (Fsp3) is 0.154. The van der Waals surface area contributed by atoms with Crippen LogP contribution in [0.5, 0.6) is 0 Å². The molecule has 0 radical (unpaired) electrons. The van der Waals surface area contributed by atoms with Gasteiger partial charge >= 0.3 is 0 Å². The van der Waals surface area contributed by atoms with Crippen LogP contribution in [-0.4, -0.2) is 24.0 Å². The van der Waals surface area contributed by atoms with E-state index in [1.54, 1.807) is 32.3 Å². The summed E-state index contributed by atoms with van der Waals surface area (Å²) in [6.45, 7) is 0. The van der Waals surface area contributed by atoms with Crippen LogP contribution < -0.4 is 10.2 Å². The van der Waals surface area contributed by atoms with Gasteiger partial charge in [-0.3, -0.25) is 10.1 Å². The van der Waals surface area contributed by atoms with Gasteiger partial charge in [-0.15, -0.1) is 0 Å². The number of benzene rings is 1. The van der Waals surface area contributed by atoms with Crippen LogP contribution in [0.25, 0.3) is 0 Å². The lowest BCUT2D eigenvalue weighted by atomic mass is 10.2. The van der Waals surface area contributed by atoms with E-state index in [-0.39, 0.29) is 11.5 Å². The van der Waals surface area contributed by atoms with Crippen molar-refractivity contribution in [2.24, 2.45) is 0 Å². The summed E-state index contributed by atoms with van der Waals surface area (Å²) in [5.74, 6) is 0.209. The molecule has 1 heterocycles. The van der Waals surface area contributed by atoms with Crippen LogP contribution in [0.4, 0.5) is 27.4 Å². The molecule has 7 heteroatoms. The summed E-state index contributed by atoms with van der Waals surface area (Å²) >= 11 is 0. The number of rotatable bonds is 4. The Bertz CT molecular complexity index is 648. The molecule has 0 aliphatic heterocycles. The Morgan fingerprint density at radius 3 is 2.65 bits per heavy atom. The third kappa shape index (κ3) is 2.66. The molecule has 0 saturated heterocycles. The molecule has 0 fully saturated rings. The molecule has 6 nitrogen and oxygen atoms in total. The average Bonchev–Trinajstić information content (AvgIpc) is 2.46. The zero-order chi connectivity index (χ0) is 14.7. The molecule has 0 bridgehead atoms. The Kier molecular flexibility index (Phi) is 3.79. The predicted molar refractivity (Wildman–Crippen MR) is 74.9 cm³/mol. The molecule has 0 amide bonds. The summed E-state index contributed by atoms with van der Waals surface area (Å²) in [6, 6.07) is 8.78. The third-order valence-corrected chi connectivity index (χ3v) is 2.82. The minimum atomic E-state index is -0.513. The van der Waals surface area contributed by atoms with Crippen molar-refractivity contribution >= 4 is 23.0 Å². The minimum absolute atomic E-state index is 0.109. The van der Waals surface area contributed by atoms with E-state index in [2.05, 4.69) is 10.3 Å². The molecular formula is C13H13FN4O2. The van der Waals surface area contributed by atoms with Gasteiger partial charge in [0.05, 0.1) is 22.7 Å². The molecule has 0 unspecified atom stereocenters. The Morgan fingerprint density at radius 1 is 1.35 bits per heavy atom. The molecule has 1 N–H and O–H groups in total. The van der Waals surface area contributed by atoms with Crippen molar-refractivity contribution in [1.29, 1.82) is 0 Å². The van der Waals surface area contributed by atoms with Gasteiger partial charge < -0.3 is 10.2 Å². The molecule has 2 aromatic rings. The van der Waals surface area contributed by atoms with Crippen LogP contribution in [0.15, 0.2) is 36.4 Å². The van der Waals surface area contributed by atoms with Gasteiger partial charge in [0, 0.05) is 14.1 Å². The van der Waals surface area contributed by atoms with Crippen molar-refractivity contribution in [2.45, 2.75) is 0 Å². The zero-order valence-electron chi connectivity index (χ0n) is 11.0. The summed E-state index contributed by atoms with van der Waals surface area (Å²) in [6.07, 6.45) is 0. The average molecular weight is 276 g/mol. The van der Waals surface area contributed by atoms with Crippen molar-refractivity contribution in [2.75, 3.05) is 24.3 Å². The van der Waals surface area contributed by atoms with Gasteiger partial charge in [-0.1, -0.05) is 12.1 Å². The number of nitro groups is 1. The van der Waals surface area contributed by atoms with Gasteiger partial charge in [0.2, 0.25) is 0 Å². The molecule has 2 rings (SSSR count). The monoisotopic (exact) mass is 276 g/mol. The molecule has 1 aromatic carbocycles. The van der Waals surface area contributed by atoms with E-state index < -0.39 is 10.7 Å². The summed E-state index contributed by atoms with van der Waals surface area (Å²) in [5.41, 5.74) is 0.185. The molecular weight excluding hydrogens is 263 g/mol. The minimum Gasteiger partial charge on any atom is -0.373 e. The molecule has 0 aliphatic rings. The summed E-state index contributed by atoms with van der Waals surface area (Å²) in [5, 5.41) is 13.7. The van der Waals surface area contributed by atoms with Gasteiger partial charge in [-0.25, -0.2) is 9.37 Å². The maximum absolute atomic E-state index is 13.7. The largest absolute Gasteiger partial charge is 0.373 e. The second-order valence-electron chi connectivity index (χ2n) is 4.09. The van der Waals surface area contributed by atoms with Crippen molar-refractivity contribution < 1.29 is 9.31 Å². The van der Waals surface area contributed by atoms with Crippen molar-refractivity contribution in [3.8, 4) is 0 Å². The summed E-state index contributed by atoms with van der Waals surface area (Å²) in [4.78, 5) is 16.0. The van der Waals surface area contributed by atoms with Gasteiger partial charge in [0.15, 0.2) is 0 Å². The lowest BCUT2D eigenvalue weighted by Gasteiger charge is -2.19. The number of anilines is 3. The third-order valence-electron chi connectivity index (χ3n) is 2.82. The number of nitrogens with zero attached hydrogens (tertiary/aromatic N) is 3. The molecule has 104 valence electrons. The zero-order valence-corrected chi connectivity index (χ0v) is 11.0. The smallest absolute Gasteiger partial charge is 0.276 e. The Labute approximate surface area is 115 Å². The highest BCUT2D eigenvalue weighted by Crippen LogP contribution is 2.28. The van der Waals surface area contributed by atoms with E-state index in [1.807, 2.05) is 0 Å². The highest BCUT2D eigenvalue weighted by molar-refractivity contribution is 5.64. The first-order chi connectivity index (χ1) is 9.52. The van der Waals surface area contributed by atoms with Gasteiger partial charge in [-0.2, -0.15) is 0 Å². The van der Waals surface area contributed by atoms with Crippen LogP contribution in [0.2, 0.25) is 0 Å². The van der Waals surface area contributed by atoms with E-state index in [0.717, 1.165) is 0 Å². The fourth-order valence-electron chi connectivity index (χ4n) is 1.75. The van der Waals surface area contributed by atoms with Crippen molar-refractivity contribution in [1.82, 2.24) is 4.98 Å². The van der Waals surface area contributed by atoms with E-state index >= 15 is 0 Å². The number of halogens is 1. The molecule has 0 saturated carbocycles. The first-order valence-corrected chi connectivity index (χ1v) is 5.85. The highest BCUT2D eigenvalue weighted by atomic mass is 19.1. The maximum Gasteiger partial charge on any atom is 0.276 e. The fourth-order valence-corrected chi connectivity index (χ4v) is 1.75. The Hall–Kier alpha value is -2.70. The van der Waals surface area contributed by atoms with Crippen molar-refractivity contribution in [3.05, 3.63) is 52.3 Å². The highest BCUT2D eigenvalue weighted by Gasteiger charge is 2.16. The van der Waals surface area contributed by atoms with Crippen LogP contribution in [-0.2, 0) is 0 Å². The van der Waals surface area contributed by atoms with Crippen LogP contribution in [0.1, 0.15) is 0 Å². The maximum atomic E-state index is 13.7. The number of aromatic nitrogens is 1. The lowest BCUT2D eigenvalue weighted by Crippen LogP contribution is -2.13. The van der Waals surface area contributed by atoms with E-state index in [4.69, 9.17) is 0 Å². The van der Waals surface area contributed by atoms with E-state index in [0.29, 0.717) is 11.5 Å². The van der Waals surface area contributed by atoms with Gasteiger partial charge in [-0.05, 0) is 12.1 Å². The number of pyridine rings is 1. The number of nitrogens with one attached hydrogen (secondary N) is 1. The topological polar surface area (TPSA) is 71.3 Å². The molecule has 0 atom stereocenters. The predicted octanol–water partition coefficient (Wildman–Crippen LogP) is 2.94. The Morgan fingerprint density at radius 2 is 2.05 bits per heavy atom. The summed E-state index contributed by atoms with van der Waals surface area (Å²) in [7, 11) is 3.21. The first-order valence-electron chi connectivity index (χ1n) is 5.85. The normalized spacial score (nSPS) is 10.2. The van der Waals surface area contributed by atoms with Crippen LogP contribution in [0, 0.1) is 15.9 Å². The number of hydrogen-bond donors (Lipinski definition) is 1. The summed E-state index contributed by atoms with van der Waals surface area (Å²) < 4.78 is 13.7. The van der Waals surface area contributed by atoms with Crippen LogP contribution in [0.3, 0.4) is 0 Å². The number of para-hydroxylation sites is 1. The van der Waals surface area contributed by atoms with Gasteiger partial charge in [0.1, 0.15) is 17.5 Å². The quantitative estimate of drug-likeness (QED) is 0.686. The van der Waals surface area contributed by atoms with E-state index in [1.165, 1.54) is 23.1 Å². The first kappa shape index (κ1) is 13.7. The Balaban J connectivity index is 2.49. The number of hydrogen-bond acceptors (Lipinski definition) is 5.